The molecule has 0 bridgehead atoms. The van der Waals surface area contributed by atoms with Crippen LogP contribution in [0.5, 0.6) is 0 Å². The van der Waals surface area contributed by atoms with Gasteiger partial charge in [0.25, 0.3) is 0 Å². The molecule has 3 aromatic rings. The zero-order valence-corrected chi connectivity index (χ0v) is 29.1. The van der Waals surface area contributed by atoms with Crippen molar-refractivity contribution in [3.8, 4) is 11.1 Å². The van der Waals surface area contributed by atoms with Gasteiger partial charge in [-0.25, -0.2) is 4.98 Å². The van der Waals surface area contributed by atoms with Gasteiger partial charge in [0.05, 0.1) is 0 Å². The van der Waals surface area contributed by atoms with Crippen LogP contribution in [0.4, 0.5) is 5.95 Å². The third kappa shape index (κ3) is 7.70. The topological polar surface area (TPSA) is 58.5 Å². The first-order chi connectivity index (χ1) is 20.4. The minimum Gasteiger partial charge on any atom is -0.414 e. The molecule has 1 aromatic carbocycles. The van der Waals surface area contributed by atoms with E-state index in [9.17, 15) is 0 Å². The number of benzene rings is 1. The third-order valence-electron chi connectivity index (χ3n) is 10.2. The molecule has 1 atom stereocenters. The van der Waals surface area contributed by atoms with Crippen molar-refractivity contribution in [3.63, 3.8) is 0 Å². The second-order valence-electron chi connectivity index (χ2n) is 14.8. The van der Waals surface area contributed by atoms with Crippen molar-refractivity contribution in [1.82, 2.24) is 24.3 Å². The average Bonchev–Trinajstić information content (AvgIpc) is 3.33. The van der Waals surface area contributed by atoms with Gasteiger partial charge in [-0.05, 0) is 75.3 Å². The summed E-state index contributed by atoms with van der Waals surface area (Å²) in [7, 11) is 0.444. The highest BCUT2D eigenvalue weighted by atomic mass is 28.4. The lowest BCUT2D eigenvalue weighted by molar-refractivity contribution is 0.119. The van der Waals surface area contributed by atoms with Gasteiger partial charge in [0, 0.05) is 74.3 Å². The van der Waals surface area contributed by atoms with E-state index in [1.807, 2.05) is 6.20 Å². The zero-order valence-electron chi connectivity index (χ0n) is 28.1. The fourth-order valence-electron chi connectivity index (χ4n) is 6.42. The van der Waals surface area contributed by atoms with Crippen molar-refractivity contribution < 1.29 is 4.43 Å². The van der Waals surface area contributed by atoms with E-state index in [0.29, 0.717) is 18.2 Å². The number of hydrogen-bond donors (Lipinski definition) is 1. The summed E-state index contributed by atoms with van der Waals surface area (Å²) in [6.07, 6.45) is 11.5. The molecular weight excluding hydrogens is 549 g/mol. The molecule has 0 amide bonds. The molecule has 3 heterocycles. The van der Waals surface area contributed by atoms with E-state index in [1.165, 1.54) is 16.7 Å². The van der Waals surface area contributed by atoms with Crippen LogP contribution in [0.15, 0.2) is 36.7 Å². The Morgan fingerprint density at radius 1 is 1.02 bits per heavy atom. The molecule has 236 valence electrons. The third-order valence-corrected chi connectivity index (χ3v) is 14.8. The van der Waals surface area contributed by atoms with Gasteiger partial charge in [0.1, 0.15) is 5.65 Å². The molecule has 2 aromatic heterocycles. The summed E-state index contributed by atoms with van der Waals surface area (Å²) in [6, 6.07) is 9.98. The number of nitrogens with zero attached hydrogens (tertiary/aromatic N) is 5. The average molecular weight is 605 g/mol. The maximum atomic E-state index is 6.83. The second kappa shape index (κ2) is 13.4. The van der Waals surface area contributed by atoms with Crippen LogP contribution < -0.4 is 5.32 Å². The van der Waals surface area contributed by atoms with Gasteiger partial charge in [-0.15, -0.1) is 0 Å². The Bertz CT molecular complexity index is 1330. The van der Waals surface area contributed by atoms with Gasteiger partial charge in [-0.1, -0.05) is 58.4 Å². The van der Waals surface area contributed by atoms with E-state index in [-0.39, 0.29) is 5.04 Å². The normalized spacial score (nSPS) is 21.8. The summed E-state index contributed by atoms with van der Waals surface area (Å²) in [5, 5.41) is 4.93. The number of nitrogens with one attached hydrogen (secondary N) is 1. The van der Waals surface area contributed by atoms with Crippen LogP contribution in [0.1, 0.15) is 84.7 Å². The Morgan fingerprint density at radius 3 is 2.33 bits per heavy atom. The quantitative estimate of drug-likeness (QED) is 0.237. The lowest BCUT2D eigenvalue weighted by atomic mass is 9.93. The molecule has 8 heteroatoms. The fourth-order valence-corrected chi connectivity index (χ4v) is 7.84. The summed E-state index contributed by atoms with van der Waals surface area (Å²) < 4.78 is 9.30. The Balaban J connectivity index is 1.38. The number of aromatic nitrogens is 3. The molecule has 1 unspecified atom stereocenters. The molecular formula is C35H56N6OSi. The maximum Gasteiger partial charge on any atom is 0.224 e. The molecule has 43 heavy (non-hydrogen) atoms. The highest BCUT2D eigenvalue weighted by molar-refractivity contribution is 6.74. The van der Waals surface area contributed by atoms with E-state index >= 15 is 0 Å². The molecule has 0 spiro atoms. The number of rotatable bonds is 10. The monoisotopic (exact) mass is 604 g/mol. The number of fused-ring (bicyclic) bond motifs is 1. The Labute approximate surface area is 261 Å². The van der Waals surface area contributed by atoms with E-state index in [4.69, 9.17) is 14.4 Å². The number of anilines is 1. The van der Waals surface area contributed by atoms with E-state index < -0.39 is 8.32 Å². The van der Waals surface area contributed by atoms with Gasteiger partial charge in [0.2, 0.25) is 5.95 Å². The van der Waals surface area contributed by atoms with Crippen LogP contribution in [0.3, 0.4) is 0 Å². The number of piperazine rings is 1. The van der Waals surface area contributed by atoms with Crippen molar-refractivity contribution >= 4 is 25.3 Å². The van der Waals surface area contributed by atoms with Gasteiger partial charge in [-0.2, -0.15) is 4.98 Å². The second-order valence-corrected chi connectivity index (χ2v) is 19.6. The van der Waals surface area contributed by atoms with Crippen LogP contribution in [0, 0.1) is 0 Å². The van der Waals surface area contributed by atoms with Crippen molar-refractivity contribution in [2.24, 2.45) is 0 Å². The van der Waals surface area contributed by atoms with Crippen molar-refractivity contribution in [3.05, 3.63) is 42.2 Å². The molecule has 7 nitrogen and oxygen atoms in total. The summed E-state index contributed by atoms with van der Waals surface area (Å²) in [4.78, 5) is 14.9. The minimum absolute atomic E-state index is 0.241. The first kappa shape index (κ1) is 32.1. The molecule has 1 saturated carbocycles. The van der Waals surface area contributed by atoms with Crippen LogP contribution in [0.2, 0.25) is 18.1 Å². The molecule has 2 aliphatic rings. The van der Waals surface area contributed by atoms with Gasteiger partial charge in [0.15, 0.2) is 8.32 Å². The molecule has 1 aliphatic carbocycles. The number of likely N-dealkylation sites (N-methyl/N-ethyl adjacent to an activating group) is 1. The number of hydrogen-bond acceptors (Lipinski definition) is 6. The minimum atomic E-state index is -1.77. The summed E-state index contributed by atoms with van der Waals surface area (Å²) >= 11 is 0. The van der Waals surface area contributed by atoms with E-state index in [0.717, 1.165) is 88.2 Å². The van der Waals surface area contributed by atoms with Crippen LogP contribution in [0.25, 0.3) is 22.2 Å². The Morgan fingerprint density at radius 2 is 1.70 bits per heavy atom. The maximum absolute atomic E-state index is 6.83. The smallest absolute Gasteiger partial charge is 0.224 e. The first-order valence-corrected chi connectivity index (χ1v) is 19.7. The molecule has 1 aliphatic heterocycles. The fraction of sp³-hybridized carbons (Fsp3) is 0.657. The molecule has 1 N–H and O–H groups in total. The first-order valence-electron chi connectivity index (χ1n) is 16.8. The summed E-state index contributed by atoms with van der Waals surface area (Å²) in [5.74, 6) is 0.733. The lowest BCUT2D eigenvalue weighted by Crippen LogP contribution is -2.44. The van der Waals surface area contributed by atoms with E-state index in [2.05, 4.69) is 105 Å². The summed E-state index contributed by atoms with van der Waals surface area (Å²) in [6.45, 7) is 21.8. The van der Waals surface area contributed by atoms with Crippen molar-refractivity contribution in [1.29, 1.82) is 0 Å². The summed E-state index contributed by atoms with van der Waals surface area (Å²) in [5.41, 5.74) is 4.90. The van der Waals surface area contributed by atoms with Gasteiger partial charge >= 0.3 is 0 Å². The SMILES string of the molecule is CCCC(C)Nc1ncc2c(-c3ccc(CN4CCN(C)CC4)cc3)cn(C3CCC(O[Si](C)(C)C(C)(C)C)CC3)c2n1. The Hall–Kier alpha value is -2.26. The van der Waals surface area contributed by atoms with Gasteiger partial charge in [-0.3, -0.25) is 4.90 Å². The predicted octanol–water partition coefficient (Wildman–Crippen LogP) is 7.95. The molecule has 5 rings (SSSR count). The van der Waals surface area contributed by atoms with Crippen LogP contribution in [-0.4, -0.2) is 78.0 Å². The highest BCUT2D eigenvalue weighted by Gasteiger charge is 2.40. The molecule has 1 saturated heterocycles. The molecule has 2 fully saturated rings. The van der Waals surface area contributed by atoms with Crippen molar-refractivity contribution in [2.75, 3.05) is 38.5 Å². The highest BCUT2D eigenvalue weighted by Crippen LogP contribution is 2.42. The van der Waals surface area contributed by atoms with E-state index in [1.54, 1.807) is 0 Å². The van der Waals surface area contributed by atoms with Gasteiger partial charge < -0.3 is 19.2 Å². The lowest BCUT2D eigenvalue weighted by Gasteiger charge is -2.41. The zero-order chi connectivity index (χ0) is 30.8. The largest absolute Gasteiger partial charge is 0.414 e. The van der Waals surface area contributed by atoms with Crippen molar-refractivity contribution in [2.45, 2.75) is 116 Å². The van der Waals surface area contributed by atoms with Crippen LogP contribution in [-0.2, 0) is 11.0 Å². The predicted molar refractivity (Wildman–Crippen MR) is 183 cm³/mol. The molecule has 0 radical (unpaired) electrons. The standard InChI is InChI=1S/C35H56N6OSi/c1-9-10-26(2)37-34-36-23-31-32(28-13-11-27(12-14-28)24-40-21-19-39(6)20-22-40)25-41(33(31)38-34)29-15-17-30(18-16-29)42-43(7,8)35(3,4)5/h11-14,23,25-26,29-30H,9-10,15-22,24H2,1-8H3,(H,36,37,38). The van der Waals surface area contributed by atoms with Crippen LogP contribution >= 0.6 is 0 Å². The Kier molecular flexibility index (Phi) is 10.0.